The predicted molar refractivity (Wildman–Crippen MR) is 62.1 cm³/mol. The summed E-state index contributed by atoms with van der Waals surface area (Å²) in [5.74, 6) is 1.03. The van der Waals surface area contributed by atoms with Gasteiger partial charge in [-0.05, 0) is 13.0 Å². The van der Waals surface area contributed by atoms with E-state index in [4.69, 9.17) is 15.0 Å². The van der Waals surface area contributed by atoms with Crippen molar-refractivity contribution in [3.05, 3.63) is 24.3 Å². The van der Waals surface area contributed by atoms with Gasteiger partial charge in [0.1, 0.15) is 0 Å². The van der Waals surface area contributed by atoms with Crippen molar-refractivity contribution < 1.29 is 9.26 Å². The van der Waals surface area contributed by atoms with Gasteiger partial charge in [-0.1, -0.05) is 5.16 Å². The summed E-state index contributed by atoms with van der Waals surface area (Å²) < 4.78 is 10.3. The molecule has 6 nitrogen and oxygen atoms in total. The first-order chi connectivity index (χ1) is 8.19. The average molecular weight is 234 g/mol. The summed E-state index contributed by atoms with van der Waals surface area (Å²) in [4.78, 5) is 8.23. The number of aromatic nitrogens is 3. The SMILES string of the molecule is COC(C)Cc1noc(-c2cncc(N)c2)n1. The molecule has 17 heavy (non-hydrogen) atoms. The molecular formula is C11H14N4O2. The highest BCUT2D eigenvalue weighted by atomic mass is 16.5. The third-order valence-corrected chi connectivity index (χ3v) is 2.35. The van der Waals surface area contributed by atoms with Crippen LogP contribution in [0.3, 0.4) is 0 Å². The Hall–Kier alpha value is -1.95. The van der Waals surface area contributed by atoms with E-state index in [1.165, 1.54) is 0 Å². The lowest BCUT2D eigenvalue weighted by Crippen LogP contribution is -2.09. The molecule has 0 aliphatic carbocycles. The number of anilines is 1. The second-order valence-electron chi connectivity index (χ2n) is 3.77. The number of rotatable bonds is 4. The Morgan fingerprint density at radius 1 is 1.47 bits per heavy atom. The maximum Gasteiger partial charge on any atom is 0.259 e. The minimum absolute atomic E-state index is 0.0550. The Labute approximate surface area is 98.8 Å². The summed E-state index contributed by atoms with van der Waals surface area (Å²) in [7, 11) is 1.65. The average Bonchev–Trinajstić information content (AvgIpc) is 2.77. The molecule has 2 aromatic heterocycles. The highest BCUT2D eigenvalue weighted by Gasteiger charge is 2.11. The number of nitrogens with zero attached hydrogens (tertiary/aromatic N) is 3. The molecule has 2 N–H and O–H groups in total. The summed E-state index contributed by atoms with van der Waals surface area (Å²) in [5.41, 5.74) is 6.91. The van der Waals surface area contributed by atoms with Crippen molar-refractivity contribution in [3.8, 4) is 11.5 Å². The van der Waals surface area contributed by atoms with Gasteiger partial charge in [-0.15, -0.1) is 0 Å². The van der Waals surface area contributed by atoms with Crippen LogP contribution in [0.25, 0.3) is 11.5 Å². The standard InChI is InChI=1S/C11H14N4O2/c1-7(16-2)3-10-14-11(17-15-10)8-4-9(12)6-13-5-8/h4-7H,3,12H2,1-2H3. The first kappa shape index (κ1) is 11.5. The Kier molecular flexibility index (Phi) is 3.34. The van der Waals surface area contributed by atoms with Gasteiger partial charge in [0.2, 0.25) is 0 Å². The van der Waals surface area contributed by atoms with Gasteiger partial charge in [-0.2, -0.15) is 4.98 Å². The molecule has 0 aromatic carbocycles. The summed E-state index contributed by atoms with van der Waals surface area (Å²) in [6.07, 6.45) is 3.86. The molecule has 0 saturated carbocycles. The minimum atomic E-state index is 0.0550. The van der Waals surface area contributed by atoms with E-state index < -0.39 is 0 Å². The molecule has 0 aliphatic heterocycles. The lowest BCUT2D eigenvalue weighted by Gasteiger charge is -2.03. The molecule has 0 fully saturated rings. The Morgan fingerprint density at radius 3 is 3.00 bits per heavy atom. The fourth-order valence-corrected chi connectivity index (χ4v) is 1.37. The molecule has 90 valence electrons. The zero-order valence-corrected chi connectivity index (χ0v) is 9.75. The van der Waals surface area contributed by atoms with Crippen LogP contribution in [0.2, 0.25) is 0 Å². The van der Waals surface area contributed by atoms with Crippen molar-refractivity contribution in [2.45, 2.75) is 19.4 Å². The van der Waals surface area contributed by atoms with E-state index >= 15 is 0 Å². The smallest absolute Gasteiger partial charge is 0.259 e. The van der Waals surface area contributed by atoms with Gasteiger partial charge in [0.15, 0.2) is 5.82 Å². The van der Waals surface area contributed by atoms with Crippen molar-refractivity contribution >= 4 is 5.69 Å². The lowest BCUT2D eigenvalue weighted by atomic mass is 10.2. The first-order valence-electron chi connectivity index (χ1n) is 5.25. The van der Waals surface area contributed by atoms with Crippen LogP contribution in [0.4, 0.5) is 5.69 Å². The molecule has 2 aromatic rings. The van der Waals surface area contributed by atoms with Crippen molar-refractivity contribution in [1.82, 2.24) is 15.1 Å². The van der Waals surface area contributed by atoms with Gasteiger partial charge in [-0.25, -0.2) is 0 Å². The number of hydrogen-bond donors (Lipinski definition) is 1. The van der Waals surface area contributed by atoms with E-state index in [1.54, 1.807) is 25.6 Å². The molecule has 0 saturated heterocycles. The molecule has 1 unspecified atom stereocenters. The second kappa shape index (κ2) is 4.92. The predicted octanol–water partition coefficient (Wildman–Crippen LogP) is 1.29. The fraction of sp³-hybridized carbons (Fsp3) is 0.364. The summed E-state index contributed by atoms with van der Waals surface area (Å²) in [6.45, 7) is 1.94. The third kappa shape index (κ3) is 2.79. The quantitative estimate of drug-likeness (QED) is 0.857. The molecule has 1 atom stereocenters. The maximum atomic E-state index is 5.63. The van der Waals surface area contributed by atoms with Crippen molar-refractivity contribution in [1.29, 1.82) is 0 Å². The van der Waals surface area contributed by atoms with E-state index in [9.17, 15) is 0 Å². The molecule has 0 spiro atoms. The van der Waals surface area contributed by atoms with E-state index in [2.05, 4.69) is 15.1 Å². The number of ether oxygens (including phenoxy) is 1. The normalized spacial score (nSPS) is 12.6. The zero-order chi connectivity index (χ0) is 12.3. The van der Waals surface area contributed by atoms with E-state index in [1.807, 2.05) is 6.92 Å². The molecule has 0 radical (unpaired) electrons. The summed E-state index contributed by atoms with van der Waals surface area (Å²) in [6, 6.07) is 1.74. The van der Waals surface area contributed by atoms with Gasteiger partial charge in [0.25, 0.3) is 5.89 Å². The molecule has 6 heteroatoms. The van der Waals surface area contributed by atoms with E-state index in [-0.39, 0.29) is 6.10 Å². The highest BCUT2D eigenvalue weighted by Crippen LogP contribution is 2.18. The van der Waals surface area contributed by atoms with Crippen molar-refractivity contribution in [2.75, 3.05) is 12.8 Å². The van der Waals surface area contributed by atoms with E-state index in [0.29, 0.717) is 29.4 Å². The van der Waals surface area contributed by atoms with Gasteiger partial charge >= 0.3 is 0 Å². The largest absolute Gasteiger partial charge is 0.397 e. The van der Waals surface area contributed by atoms with Gasteiger partial charge in [0, 0.05) is 25.9 Å². The molecule has 0 bridgehead atoms. The number of nitrogens with two attached hydrogens (primary N) is 1. The lowest BCUT2D eigenvalue weighted by molar-refractivity contribution is 0.116. The van der Waals surface area contributed by atoms with Crippen LogP contribution in [-0.4, -0.2) is 28.3 Å². The number of nitrogen functional groups attached to an aromatic ring is 1. The molecule has 0 amide bonds. The molecule has 0 aliphatic rings. The topological polar surface area (TPSA) is 87.1 Å². The number of methoxy groups -OCH3 is 1. The van der Waals surface area contributed by atoms with Crippen LogP contribution < -0.4 is 5.73 Å². The van der Waals surface area contributed by atoms with Gasteiger partial charge < -0.3 is 15.0 Å². The van der Waals surface area contributed by atoms with Crippen LogP contribution in [0.5, 0.6) is 0 Å². The minimum Gasteiger partial charge on any atom is -0.397 e. The third-order valence-electron chi connectivity index (χ3n) is 2.35. The second-order valence-corrected chi connectivity index (χ2v) is 3.77. The van der Waals surface area contributed by atoms with Crippen LogP contribution >= 0.6 is 0 Å². The maximum absolute atomic E-state index is 5.63. The van der Waals surface area contributed by atoms with Crippen LogP contribution in [0.15, 0.2) is 23.0 Å². The molecule has 2 heterocycles. The number of pyridine rings is 1. The van der Waals surface area contributed by atoms with Gasteiger partial charge in [0.05, 0.1) is 17.4 Å². The summed E-state index contributed by atoms with van der Waals surface area (Å²) in [5, 5.41) is 3.88. The van der Waals surface area contributed by atoms with Crippen LogP contribution in [-0.2, 0) is 11.2 Å². The molecular weight excluding hydrogens is 220 g/mol. The summed E-state index contributed by atoms with van der Waals surface area (Å²) >= 11 is 0. The highest BCUT2D eigenvalue weighted by molar-refractivity contribution is 5.57. The van der Waals surface area contributed by atoms with Gasteiger partial charge in [-0.3, -0.25) is 4.98 Å². The fourth-order valence-electron chi connectivity index (χ4n) is 1.37. The number of hydrogen-bond acceptors (Lipinski definition) is 6. The van der Waals surface area contributed by atoms with Crippen molar-refractivity contribution in [2.24, 2.45) is 0 Å². The monoisotopic (exact) mass is 234 g/mol. The molecule has 2 rings (SSSR count). The van der Waals surface area contributed by atoms with Crippen LogP contribution in [0.1, 0.15) is 12.7 Å². The first-order valence-corrected chi connectivity index (χ1v) is 5.25. The Bertz CT molecular complexity index is 498. The Balaban J connectivity index is 2.18. The van der Waals surface area contributed by atoms with E-state index in [0.717, 1.165) is 0 Å². The van der Waals surface area contributed by atoms with Crippen molar-refractivity contribution in [3.63, 3.8) is 0 Å². The van der Waals surface area contributed by atoms with Crippen LogP contribution in [0, 0.1) is 0 Å². The zero-order valence-electron chi connectivity index (χ0n) is 9.75. The Morgan fingerprint density at radius 2 is 2.29 bits per heavy atom.